The van der Waals surface area contributed by atoms with Gasteiger partial charge in [-0.25, -0.2) is 0 Å². The van der Waals surface area contributed by atoms with Crippen molar-refractivity contribution in [2.75, 3.05) is 6.54 Å². The van der Waals surface area contributed by atoms with Gasteiger partial charge >= 0.3 is 0 Å². The summed E-state index contributed by atoms with van der Waals surface area (Å²) in [5.74, 6) is 0. The van der Waals surface area contributed by atoms with E-state index >= 15 is 0 Å². The molecule has 2 heterocycles. The molecule has 1 aliphatic rings. The largest absolute Gasteiger partial charge is 0.304 e. The second-order valence-corrected chi connectivity index (χ2v) is 4.50. The van der Waals surface area contributed by atoms with Crippen molar-refractivity contribution in [3.8, 4) is 0 Å². The number of pyridine rings is 1. The lowest BCUT2D eigenvalue weighted by Crippen LogP contribution is -2.15. The summed E-state index contributed by atoms with van der Waals surface area (Å²) in [6.45, 7) is 3.28. The molecule has 1 aromatic rings. The van der Waals surface area contributed by atoms with Gasteiger partial charge in [-0.2, -0.15) is 0 Å². The molecule has 0 saturated carbocycles. The van der Waals surface area contributed by atoms with E-state index in [0.29, 0.717) is 10.6 Å². The fourth-order valence-corrected chi connectivity index (χ4v) is 2.58. The van der Waals surface area contributed by atoms with Gasteiger partial charge < -0.3 is 5.32 Å². The molecule has 2 unspecified atom stereocenters. The van der Waals surface area contributed by atoms with Gasteiger partial charge in [0.2, 0.25) is 0 Å². The number of hydrogen-bond acceptors (Lipinski definition) is 3. The second-order valence-electron chi connectivity index (χ2n) is 2.96. The standard InChI is InChI=1S/C9H12N2S/c1-7-11-6-9(12-7)8-2-4-10-5-3-8/h2-5,7,9,11H,6H2,1H3. The Bertz CT molecular complexity index is 250. The topological polar surface area (TPSA) is 24.9 Å². The molecule has 0 radical (unpaired) electrons. The van der Waals surface area contributed by atoms with Gasteiger partial charge in [0.25, 0.3) is 0 Å². The van der Waals surface area contributed by atoms with Gasteiger partial charge in [0, 0.05) is 24.2 Å². The van der Waals surface area contributed by atoms with Crippen LogP contribution in [-0.2, 0) is 0 Å². The van der Waals surface area contributed by atoms with Gasteiger partial charge in [0.05, 0.1) is 5.37 Å². The van der Waals surface area contributed by atoms with E-state index in [1.54, 1.807) is 0 Å². The average Bonchev–Trinajstić information content (AvgIpc) is 2.54. The molecule has 12 heavy (non-hydrogen) atoms. The van der Waals surface area contributed by atoms with Crippen LogP contribution in [0.25, 0.3) is 0 Å². The Hall–Kier alpha value is -0.540. The predicted octanol–water partition coefficient (Wildman–Crippen LogP) is 1.81. The quantitative estimate of drug-likeness (QED) is 0.713. The maximum Gasteiger partial charge on any atom is 0.0510 e. The number of hydrogen-bond donors (Lipinski definition) is 1. The summed E-state index contributed by atoms with van der Waals surface area (Å²) in [7, 11) is 0. The fraction of sp³-hybridized carbons (Fsp3) is 0.444. The lowest BCUT2D eigenvalue weighted by molar-refractivity contribution is 0.722. The van der Waals surface area contributed by atoms with E-state index in [2.05, 4.69) is 29.4 Å². The fourth-order valence-electron chi connectivity index (χ4n) is 1.39. The van der Waals surface area contributed by atoms with Gasteiger partial charge in [0.15, 0.2) is 0 Å². The van der Waals surface area contributed by atoms with Crippen molar-refractivity contribution >= 4 is 11.8 Å². The highest BCUT2D eigenvalue weighted by atomic mass is 32.2. The van der Waals surface area contributed by atoms with Crippen molar-refractivity contribution < 1.29 is 0 Å². The molecular weight excluding hydrogens is 168 g/mol. The van der Waals surface area contributed by atoms with Crippen LogP contribution in [0.15, 0.2) is 24.5 Å². The molecular formula is C9H12N2S. The number of thioether (sulfide) groups is 1. The molecule has 2 atom stereocenters. The van der Waals surface area contributed by atoms with Crippen LogP contribution in [0.2, 0.25) is 0 Å². The molecule has 0 aromatic carbocycles. The van der Waals surface area contributed by atoms with Crippen LogP contribution in [-0.4, -0.2) is 16.9 Å². The molecule has 3 heteroatoms. The molecule has 64 valence electrons. The second kappa shape index (κ2) is 3.46. The minimum atomic E-state index is 0.586. The zero-order valence-corrected chi connectivity index (χ0v) is 7.84. The SMILES string of the molecule is CC1NCC(c2ccncc2)S1. The maximum absolute atomic E-state index is 4.01. The zero-order valence-electron chi connectivity index (χ0n) is 7.03. The Morgan fingerprint density at radius 3 is 2.83 bits per heavy atom. The summed E-state index contributed by atoms with van der Waals surface area (Å²) >= 11 is 1.98. The minimum absolute atomic E-state index is 0.586. The Morgan fingerprint density at radius 2 is 2.25 bits per heavy atom. The van der Waals surface area contributed by atoms with E-state index in [1.165, 1.54) is 5.56 Å². The van der Waals surface area contributed by atoms with Crippen LogP contribution in [0.4, 0.5) is 0 Å². The molecule has 0 spiro atoms. The number of nitrogens with one attached hydrogen (secondary N) is 1. The van der Waals surface area contributed by atoms with Crippen LogP contribution in [0.3, 0.4) is 0 Å². The molecule has 1 aromatic heterocycles. The predicted molar refractivity (Wildman–Crippen MR) is 52.0 cm³/mol. The first-order valence-corrected chi connectivity index (χ1v) is 5.09. The lowest BCUT2D eigenvalue weighted by Gasteiger charge is -2.06. The smallest absolute Gasteiger partial charge is 0.0510 e. The molecule has 1 fully saturated rings. The summed E-state index contributed by atoms with van der Waals surface area (Å²) in [6.07, 6.45) is 3.72. The first-order chi connectivity index (χ1) is 5.86. The molecule has 2 rings (SSSR count). The summed E-state index contributed by atoms with van der Waals surface area (Å²) in [5, 5.41) is 4.61. The Labute approximate surface area is 76.8 Å². The third kappa shape index (κ3) is 1.62. The van der Waals surface area contributed by atoms with E-state index < -0.39 is 0 Å². The van der Waals surface area contributed by atoms with Gasteiger partial charge in [-0.3, -0.25) is 4.98 Å². The van der Waals surface area contributed by atoms with Gasteiger partial charge in [-0.05, 0) is 24.6 Å². The highest BCUT2D eigenvalue weighted by Crippen LogP contribution is 2.34. The van der Waals surface area contributed by atoms with E-state index in [-0.39, 0.29) is 0 Å². The van der Waals surface area contributed by atoms with Crippen molar-refractivity contribution in [2.45, 2.75) is 17.5 Å². The molecule has 1 saturated heterocycles. The third-order valence-electron chi connectivity index (χ3n) is 2.04. The summed E-state index contributed by atoms with van der Waals surface area (Å²) in [4.78, 5) is 4.01. The average molecular weight is 180 g/mol. The third-order valence-corrected chi connectivity index (χ3v) is 3.38. The Kier molecular flexibility index (Phi) is 2.33. The molecule has 0 bridgehead atoms. The van der Waals surface area contributed by atoms with Crippen molar-refractivity contribution in [1.29, 1.82) is 0 Å². The minimum Gasteiger partial charge on any atom is -0.304 e. The van der Waals surface area contributed by atoms with Crippen molar-refractivity contribution in [1.82, 2.24) is 10.3 Å². The highest BCUT2D eigenvalue weighted by Gasteiger charge is 2.22. The number of nitrogens with zero attached hydrogens (tertiary/aromatic N) is 1. The van der Waals surface area contributed by atoms with E-state index in [9.17, 15) is 0 Å². The summed E-state index contributed by atoms with van der Waals surface area (Å²) < 4.78 is 0. The van der Waals surface area contributed by atoms with Crippen LogP contribution in [0.1, 0.15) is 17.7 Å². The van der Waals surface area contributed by atoms with E-state index in [1.807, 2.05) is 24.2 Å². The monoisotopic (exact) mass is 180 g/mol. The van der Waals surface area contributed by atoms with Crippen LogP contribution in [0.5, 0.6) is 0 Å². The maximum atomic E-state index is 4.01. The molecule has 2 nitrogen and oxygen atoms in total. The van der Waals surface area contributed by atoms with Crippen LogP contribution < -0.4 is 5.32 Å². The molecule has 0 aliphatic carbocycles. The molecule has 1 N–H and O–H groups in total. The van der Waals surface area contributed by atoms with E-state index in [4.69, 9.17) is 0 Å². The Morgan fingerprint density at radius 1 is 1.50 bits per heavy atom. The van der Waals surface area contributed by atoms with Crippen molar-refractivity contribution in [3.05, 3.63) is 30.1 Å². The van der Waals surface area contributed by atoms with Crippen LogP contribution >= 0.6 is 11.8 Å². The van der Waals surface area contributed by atoms with Crippen molar-refractivity contribution in [3.63, 3.8) is 0 Å². The molecule has 1 aliphatic heterocycles. The summed E-state index contributed by atoms with van der Waals surface area (Å²) in [6, 6.07) is 4.19. The van der Waals surface area contributed by atoms with Crippen molar-refractivity contribution in [2.24, 2.45) is 0 Å². The summed E-state index contributed by atoms with van der Waals surface area (Å²) in [5.41, 5.74) is 1.38. The van der Waals surface area contributed by atoms with Gasteiger partial charge in [-0.1, -0.05) is 0 Å². The first kappa shape index (κ1) is 8.08. The number of aromatic nitrogens is 1. The first-order valence-electron chi connectivity index (χ1n) is 4.15. The lowest BCUT2D eigenvalue weighted by atomic mass is 10.2. The zero-order chi connectivity index (χ0) is 8.39. The van der Waals surface area contributed by atoms with Gasteiger partial charge in [-0.15, -0.1) is 11.8 Å². The Balaban J connectivity index is 2.11. The van der Waals surface area contributed by atoms with E-state index in [0.717, 1.165) is 6.54 Å². The van der Waals surface area contributed by atoms with Crippen LogP contribution in [0, 0.1) is 0 Å². The highest BCUT2D eigenvalue weighted by molar-refractivity contribution is 8.00. The number of rotatable bonds is 1. The molecule has 0 amide bonds. The normalized spacial score (nSPS) is 29.1. The van der Waals surface area contributed by atoms with Gasteiger partial charge in [0.1, 0.15) is 0 Å².